The molecule has 1 N–H and O–H groups in total. The predicted octanol–water partition coefficient (Wildman–Crippen LogP) is 2.46. The molecule has 0 unspecified atom stereocenters. The molecule has 5 nitrogen and oxygen atoms in total. The number of rotatable bonds is 5. The van der Waals surface area contributed by atoms with Gasteiger partial charge in [0, 0.05) is 6.54 Å². The van der Waals surface area contributed by atoms with Gasteiger partial charge in [-0.1, -0.05) is 17.3 Å². The molecule has 0 saturated carbocycles. The molecular formula is C16H20FN3O2. The lowest BCUT2D eigenvalue weighted by Gasteiger charge is -2.25. The van der Waals surface area contributed by atoms with E-state index in [1.54, 1.807) is 19.9 Å². The van der Waals surface area contributed by atoms with E-state index in [-0.39, 0.29) is 17.8 Å². The Hall–Kier alpha value is -2.21. The monoisotopic (exact) mass is 305 g/mol. The number of amides is 1. The third kappa shape index (κ3) is 3.51. The van der Waals surface area contributed by atoms with Crippen molar-refractivity contribution in [2.24, 2.45) is 0 Å². The summed E-state index contributed by atoms with van der Waals surface area (Å²) < 4.78 is 18.4. The number of hydrogen-bond acceptors (Lipinski definition) is 4. The number of nitrogens with one attached hydrogen (secondary N) is 1. The number of carbonyl (C=O) groups is 1. The molecule has 0 aliphatic rings. The zero-order valence-corrected chi connectivity index (χ0v) is 13.2. The van der Waals surface area contributed by atoms with Crippen LogP contribution in [0, 0.1) is 19.7 Å². The molecule has 118 valence electrons. The van der Waals surface area contributed by atoms with Crippen molar-refractivity contribution in [3.63, 3.8) is 0 Å². The van der Waals surface area contributed by atoms with Crippen molar-refractivity contribution < 1.29 is 13.7 Å². The first-order valence-corrected chi connectivity index (χ1v) is 7.03. The average molecular weight is 305 g/mol. The number of likely N-dealkylation sites (N-methyl/N-ethyl adjacent to an activating group) is 1. The standard InChI is InChI=1S/C16H20FN3O2/c1-10-15(11(2)22-19-10)16(21)18-9-14(20(3)4)12-6-5-7-13(17)8-12/h5-8,14H,9H2,1-4H3,(H,18,21)/t14-/m1/s1. The van der Waals surface area contributed by atoms with E-state index in [1.807, 2.05) is 25.1 Å². The maximum Gasteiger partial charge on any atom is 0.256 e. The zero-order chi connectivity index (χ0) is 16.3. The molecule has 1 amide bonds. The first kappa shape index (κ1) is 16.2. The highest BCUT2D eigenvalue weighted by Gasteiger charge is 2.20. The smallest absolute Gasteiger partial charge is 0.256 e. The minimum Gasteiger partial charge on any atom is -0.361 e. The number of benzene rings is 1. The Morgan fingerprint density at radius 3 is 2.68 bits per heavy atom. The third-order valence-electron chi connectivity index (χ3n) is 3.57. The van der Waals surface area contributed by atoms with Crippen molar-refractivity contribution in [3.8, 4) is 0 Å². The second-order valence-corrected chi connectivity index (χ2v) is 5.44. The number of hydrogen-bond donors (Lipinski definition) is 1. The molecule has 2 aromatic rings. The second kappa shape index (κ2) is 6.70. The number of aryl methyl sites for hydroxylation is 2. The summed E-state index contributed by atoms with van der Waals surface area (Å²) in [5, 5.41) is 6.64. The maximum atomic E-state index is 13.4. The Labute approximate surface area is 129 Å². The van der Waals surface area contributed by atoms with E-state index in [0.29, 0.717) is 23.6 Å². The molecule has 22 heavy (non-hydrogen) atoms. The van der Waals surface area contributed by atoms with Crippen molar-refractivity contribution in [3.05, 3.63) is 52.7 Å². The number of aromatic nitrogens is 1. The summed E-state index contributed by atoms with van der Waals surface area (Å²) >= 11 is 0. The van der Waals surface area contributed by atoms with Gasteiger partial charge in [0.05, 0.1) is 11.7 Å². The van der Waals surface area contributed by atoms with Crippen LogP contribution in [0.2, 0.25) is 0 Å². The Bertz CT molecular complexity index is 648. The fourth-order valence-electron chi connectivity index (χ4n) is 2.40. The molecule has 1 atom stereocenters. The summed E-state index contributed by atoms with van der Waals surface area (Å²) in [5.41, 5.74) is 1.82. The van der Waals surface area contributed by atoms with E-state index in [2.05, 4.69) is 10.5 Å². The maximum absolute atomic E-state index is 13.4. The van der Waals surface area contributed by atoms with E-state index in [1.165, 1.54) is 12.1 Å². The highest BCUT2D eigenvalue weighted by molar-refractivity contribution is 5.96. The molecule has 0 saturated heterocycles. The Morgan fingerprint density at radius 1 is 1.41 bits per heavy atom. The first-order valence-electron chi connectivity index (χ1n) is 7.03. The van der Waals surface area contributed by atoms with Gasteiger partial charge in [0.2, 0.25) is 0 Å². The van der Waals surface area contributed by atoms with Crippen molar-refractivity contribution in [1.82, 2.24) is 15.4 Å². The van der Waals surface area contributed by atoms with Gasteiger partial charge in [-0.05, 0) is 45.6 Å². The van der Waals surface area contributed by atoms with Gasteiger partial charge < -0.3 is 14.7 Å². The molecule has 1 heterocycles. The number of halogens is 1. The van der Waals surface area contributed by atoms with Crippen LogP contribution in [-0.2, 0) is 0 Å². The summed E-state index contributed by atoms with van der Waals surface area (Å²) in [7, 11) is 3.77. The van der Waals surface area contributed by atoms with E-state index >= 15 is 0 Å². The molecule has 6 heteroatoms. The van der Waals surface area contributed by atoms with E-state index in [4.69, 9.17) is 4.52 Å². The molecule has 1 aromatic heterocycles. The van der Waals surface area contributed by atoms with Crippen molar-refractivity contribution >= 4 is 5.91 Å². The van der Waals surface area contributed by atoms with Crippen LogP contribution in [0.15, 0.2) is 28.8 Å². The van der Waals surface area contributed by atoms with Gasteiger partial charge in [0.25, 0.3) is 5.91 Å². The first-order chi connectivity index (χ1) is 10.4. The lowest BCUT2D eigenvalue weighted by molar-refractivity contribution is 0.0940. The Morgan fingerprint density at radius 2 is 2.14 bits per heavy atom. The van der Waals surface area contributed by atoms with Gasteiger partial charge in [-0.15, -0.1) is 0 Å². The molecular weight excluding hydrogens is 285 g/mol. The molecule has 0 radical (unpaired) electrons. The van der Waals surface area contributed by atoms with E-state index in [9.17, 15) is 9.18 Å². The summed E-state index contributed by atoms with van der Waals surface area (Å²) in [6.45, 7) is 3.78. The Balaban J connectivity index is 2.11. The molecule has 0 aliphatic heterocycles. The lowest BCUT2D eigenvalue weighted by atomic mass is 10.1. The lowest BCUT2D eigenvalue weighted by Crippen LogP contribution is -2.35. The summed E-state index contributed by atoms with van der Waals surface area (Å²) in [4.78, 5) is 14.2. The van der Waals surface area contributed by atoms with Crippen molar-refractivity contribution in [1.29, 1.82) is 0 Å². The normalized spacial score (nSPS) is 12.5. The van der Waals surface area contributed by atoms with Crippen molar-refractivity contribution in [2.75, 3.05) is 20.6 Å². The van der Waals surface area contributed by atoms with Gasteiger partial charge in [-0.2, -0.15) is 0 Å². The van der Waals surface area contributed by atoms with E-state index < -0.39 is 0 Å². The summed E-state index contributed by atoms with van der Waals surface area (Å²) in [6.07, 6.45) is 0. The van der Waals surface area contributed by atoms with Gasteiger partial charge >= 0.3 is 0 Å². The molecule has 1 aromatic carbocycles. The number of carbonyl (C=O) groups excluding carboxylic acids is 1. The largest absolute Gasteiger partial charge is 0.361 e. The van der Waals surface area contributed by atoms with Crippen LogP contribution in [0.5, 0.6) is 0 Å². The van der Waals surface area contributed by atoms with E-state index in [0.717, 1.165) is 5.56 Å². The predicted molar refractivity (Wildman–Crippen MR) is 81.1 cm³/mol. The quantitative estimate of drug-likeness (QED) is 0.922. The SMILES string of the molecule is Cc1noc(C)c1C(=O)NC[C@H](c1cccc(F)c1)N(C)C. The minimum absolute atomic E-state index is 0.125. The second-order valence-electron chi connectivity index (χ2n) is 5.44. The topological polar surface area (TPSA) is 58.4 Å². The van der Waals surface area contributed by atoms with Crippen LogP contribution in [0.1, 0.15) is 33.4 Å². The molecule has 0 bridgehead atoms. The van der Waals surface area contributed by atoms with Crippen LogP contribution in [0.4, 0.5) is 4.39 Å². The molecule has 0 fully saturated rings. The van der Waals surface area contributed by atoms with Crippen LogP contribution in [0.25, 0.3) is 0 Å². The van der Waals surface area contributed by atoms with Crippen molar-refractivity contribution in [2.45, 2.75) is 19.9 Å². The van der Waals surface area contributed by atoms with Crippen LogP contribution in [-0.4, -0.2) is 36.6 Å². The third-order valence-corrected chi connectivity index (χ3v) is 3.57. The fraction of sp³-hybridized carbons (Fsp3) is 0.375. The zero-order valence-electron chi connectivity index (χ0n) is 13.2. The van der Waals surface area contributed by atoms with Crippen LogP contribution < -0.4 is 5.32 Å². The minimum atomic E-state index is -0.290. The van der Waals surface area contributed by atoms with Gasteiger partial charge in [0.15, 0.2) is 0 Å². The molecule has 0 spiro atoms. The molecule has 0 aliphatic carbocycles. The highest BCUT2D eigenvalue weighted by atomic mass is 19.1. The fourth-order valence-corrected chi connectivity index (χ4v) is 2.40. The molecule has 2 rings (SSSR count). The highest BCUT2D eigenvalue weighted by Crippen LogP contribution is 2.19. The average Bonchev–Trinajstić information content (AvgIpc) is 2.78. The van der Waals surface area contributed by atoms with Gasteiger partial charge in [0.1, 0.15) is 17.1 Å². The van der Waals surface area contributed by atoms with Gasteiger partial charge in [-0.25, -0.2) is 4.39 Å². The number of nitrogens with zero attached hydrogens (tertiary/aromatic N) is 2. The van der Waals surface area contributed by atoms with Crippen LogP contribution >= 0.6 is 0 Å². The van der Waals surface area contributed by atoms with Gasteiger partial charge in [-0.3, -0.25) is 4.79 Å². The summed E-state index contributed by atoms with van der Waals surface area (Å²) in [5.74, 6) is -0.0388. The summed E-state index contributed by atoms with van der Waals surface area (Å²) in [6, 6.07) is 6.26. The van der Waals surface area contributed by atoms with Crippen LogP contribution in [0.3, 0.4) is 0 Å². The Kier molecular flexibility index (Phi) is 4.92.